The number of amides is 2. The maximum Gasteiger partial charge on any atom is 0.407 e. The van der Waals surface area contributed by atoms with Crippen LogP contribution in [0.2, 0.25) is 0 Å². The Hall–Kier alpha value is -3.04. The van der Waals surface area contributed by atoms with Crippen molar-refractivity contribution >= 4 is 29.7 Å². The molecule has 9 heteroatoms. The Morgan fingerprint density at radius 3 is 2.40 bits per heavy atom. The minimum atomic E-state index is -1.07. The lowest BCUT2D eigenvalue weighted by Gasteiger charge is -2.21. The Morgan fingerprint density at radius 1 is 1.11 bits per heavy atom. The number of alkyl carbamates (subject to hydrolysis) is 1. The zero-order chi connectivity index (χ0) is 24.8. The fraction of sp³-hybridized carbons (Fsp3) is 0.423. The molecule has 4 rings (SSSR count). The van der Waals surface area contributed by atoms with Crippen LogP contribution in [-0.2, 0) is 19.1 Å². The van der Waals surface area contributed by atoms with Gasteiger partial charge in [-0.2, -0.15) is 11.8 Å². The lowest BCUT2D eigenvalue weighted by molar-refractivity contribution is -0.144. The van der Waals surface area contributed by atoms with Crippen LogP contribution in [0.1, 0.15) is 29.9 Å². The van der Waals surface area contributed by atoms with Crippen LogP contribution < -0.4 is 10.6 Å². The van der Waals surface area contributed by atoms with Crippen molar-refractivity contribution in [1.82, 2.24) is 10.6 Å². The maximum atomic E-state index is 12.7. The lowest BCUT2D eigenvalue weighted by atomic mass is 9.98. The molecule has 2 aliphatic rings. The highest BCUT2D eigenvalue weighted by atomic mass is 32.2. The van der Waals surface area contributed by atoms with Crippen LogP contribution in [0.3, 0.4) is 0 Å². The molecule has 1 aliphatic carbocycles. The van der Waals surface area contributed by atoms with Gasteiger partial charge < -0.3 is 25.2 Å². The number of benzene rings is 2. The van der Waals surface area contributed by atoms with Crippen LogP contribution >= 0.6 is 11.8 Å². The van der Waals surface area contributed by atoms with E-state index in [0.29, 0.717) is 25.2 Å². The second kappa shape index (κ2) is 11.6. The van der Waals surface area contributed by atoms with Crippen LogP contribution in [0, 0.1) is 5.92 Å². The van der Waals surface area contributed by atoms with Gasteiger partial charge in [0.1, 0.15) is 18.8 Å². The molecule has 2 aromatic rings. The van der Waals surface area contributed by atoms with E-state index < -0.39 is 30.1 Å². The van der Waals surface area contributed by atoms with E-state index in [9.17, 15) is 19.5 Å². The normalized spacial score (nSPS) is 19.5. The van der Waals surface area contributed by atoms with Crippen LogP contribution in [0.15, 0.2) is 48.5 Å². The Labute approximate surface area is 208 Å². The number of hydrogen-bond acceptors (Lipinski definition) is 6. The third-order valence-corrected chi connectivity index (χ3v) is 7.19. The summed E-state index contributed by atoms with van der Waals surface area (Å²) >= 11 is 1.52. The summed E-state index contributed by atoms with van der Waals surface area (Å²) < 4.78 is 11.1. The van der Waals surface area contributed by atoms with E-state index in [1.807, 2.05) is 30.5 Å². The minimum absolute atomic E-state index is 0.0317. The third kappa shape index (κ3) is 5.79. The molecule has 2 amide bonds. The number of hydrogen-bond donors (Lipinski definition) is 3. The summed E-state index contributed by atoms with van der Waals surface area (Å²) in [5.41, 5.74) is 4.59. The second-order valence-electron chi connectivity index (χ2n) is 8.73. The third-order valence-electron chi connectivity index (χ3n) is 6.55. The van der Waals surface area contributed by atoms with Gasteiger partial charge in [0.2, 0.25) is 5.91 Å². The fourth-order valence-corrected chi connectivity index (χ4v) is 5.21. The lowest BCUT2D eigenvalue weighted by Crippen LogP contribution is -2.48. The molecule has 0 bridgehead atoms. The summed E-state index contributed by atoms with van der Waals surface area (Å²) in [6.45, 7) is 0.787. The van der Waals surface area contributed by atoms with Crippen molar-refractivity contribution in [2.75, 3.05) is 31.8 Å². The van der Waals surface area contributed by atoms with Crippen molar-refractivity contribution in [2.45, 2.75) is 30.9 Å². The maximum absolute atomic E-state index is 12.7. The minimum Gasteiger partial charge on any atom is -0.480 e. The topological polar surface area (TPSA) is 114 Å². The van der Waals surface area contributed by atoms with Crippen molar-refractivity contribution in [3.8, 4) is 11.1 Å². The van der Waals surface area contributed by atoms with E-state index in [1.54, 1.807) is 0 Å². The number of ether oxygens (including phenoxy) is 2. The number of carbonyl (C=O) groups is 3. The van der Waals surface area contributed by atoms with E-state index in [4.69, 9.17) is 9.47 Å². The van der Waals surface area contributed by atoms with Gasteiger partial charge in [-0.3, -0.25) is 4.79 Å². The molecule has 0 spiro atoms. The molecule has 3 N–H and O–H groups in total. The Balaban J connectivity index is 1.29. The first-order valence-corrected chi connectivity index (χ1v) is 13.1. The predicted octanol–water partition coefficient (Wildman–Crippen LogP) is 3.25. The van der Waals surface area contributed by atoms with E-state index in [2.05, 4.69) is 34.9 Å². The summed E-state index contributed by atoms with van der Waals surface area (Å²) in [6, 6.07) is 15.3. The molecular weight excluding hydrogens is 468 g/mol. The van der Waals surface area contributed by atoms with Gasteiger partial charge in [0, 0.05) is 25.0 Å². The predicted molar refractivity (Wildman–Crippen MR) is 133 cm³/mol. The number of aliphatic carboxylic acids is 1. The van der Waals surface area contributed by atoms with Crippen molar-refractivity contribution in [3.05, 3.63) is 59.7 Å². The van der Waals surface area contributed by atoms with Gasteiger partial charge >= 0.3 is 12.1 Å². The van der Waals surface area contributed by atoms with Crippen molar-refractivity contribution in [2.24, 2.45) is 5.92 Å². The molecular formula is C26H30N2O6S. The van der Waals surface area contributed by atoms with Crippen LogP contribution in [0.25, 0.3) is 11.1 Å². The molecule has 3 unspecified atom stereocenters. The number of nitrogens with one attached hydrogen (secondary N) is 2. The highest BCUT2D eigenvalue weighted by Crippen LogP contribution is 2.44. The van der Waals surface area contributed by atoms with Crippen molar-refractivity contribution < 1.29 is 29.0 Å². The molecule has 0 aromatic heterocycles. The average Bonchev–Trinajstić information content (AvgIpc) is 3.46. The molecule has 1 saturated heterocycles. The molecule has 0 radical (unpaired) electrons. The molecule has 1 aliphatic heterocycles. The number of carbonyl (C=O) groups excluding carboxylic acids is 2. The first-order chi connectivity index (χ1) is 17.0. The highest BCUT2D eigenvalue weighted by Gasteiger charge is 2.36. The van der Waals surface area contributed by atoms with Gasteiger partial charge in [0.05, 0.1) is 0 Å². The van der Waals surface area contributed by atoms with E-state index in [1.165, 1.54) is 11.8 Å². The summed E-state index contributed by atoms with van der Waals surface area (Å²) in [7, 11) is 0. The summed E-state index contributed by atoms with van der Waals surface area (Å²) in [4.78, 5) is 36.6. The SMILES string of the molecule is CSCCC(NC(=O)C1OCCC1CNC(=O)OCC1c2ccccc2-c2ccccc21)C(=O)O. The van der Waals surface area contributed by atoms with Gasteiger partial charge in [-0.25, -0.2) is 9.59 Å². The largest absolute Gasteiger partial charge is 0.480 e. The Kier molecular flexibility index (Phi) is 8.30. The summed E-state index contributed by atoms with van der Waals surface area (Å²) in [5, 5.41) is 14.7. The van der Waals surface area contributed by atoms with Crippen molar-refractivity contribution in [3.63, 3.8) is 0 Å². The Morgan fingerprint density at radius 2 is 1.77 bits per heavy atom. The number of carboxylic acids is 1. The number of carboxylic acid groups (broad SMARTS) is 1. The molecule has 2 aromatic carbocycles. The average molecular weight is 499 g/mol. The molecule has 3 atom stereocenters. The van der Waals surface area contributed by atoms with E-state index in [0.717, 1.165) is 22.3 Å². The standard InChI is InChI=1S/C26H30N2O6S/c1-35-13-11-22(25(30)31)28-24(29)23-16(10-12-33-23)14-27-26(32)34-15-21-19-8-4-2-6-17(19)18-7-3-5-9-20(18)21/h2-9,16,21-23H,10-15H2,1H3,(H,27,32)(H,28,29)(H,30,31). The van der Waals surface area contributed by atoms with Crippen molar-refractivity contribution in [1.29, 1.82) is 0 Å². The second-order valence-corrected chi connectivity index (χ2v) is 9.71. The van der Waals surface area contributed by atoms with Crippen LogP contribution in [0.4, 0.5) is 4.79 Å². The molecule has 186 valence electrons. The molecule has 0 saturated carbocycles. The number of rotatable bonds is 10. The molecule has 8 nitrogen and oxygen atoms in total. The van der Waals surface area contributed by atoms with Gasteiger partial charge in [-0.15, -0.1) is 0 Å². The summed E-state index contributed by atoms with van der Waals surface area (Å²) in [5.74, 6) is -1.20. The molecule has 35 heavy (non-hydrogen) atoms. The fourth-order valence-electron chi connectivity index (χ4n) is 4.74. The first-order valence-electron chi connectivity index (χ1n) is 11.7. The zero-order valence-corrected chi connectivity index (χ0v) is 20.4. The first kappa shape index (κ1) is 25.1. The quantitative estimate of drug-likeness (QED) is 0.461. The zero-order valence-electron chi connectivity index (χ0n) is 19.6. The van der Waals surface area contributed by atoms with Crippen LogP contribution in [0.5, 0.6) is 0 Å². The summed E-state index contributed by atoms with van der Waals surface area (Å²) in [6.07, 6.45) is 1.44. The highest BCUT2D eigenvalue weighted by molar-refractivity contribution is 7.98. The smallest absolute Gasteiger partial charge is 0.407 e. The number of thioether (sulfide) groups is 1. The molecule has 1 fully saturated rings. The van der Waals surface area contributed by atoms with Gasteiger partial charge in [0.15, 0.2) is 0 Å². The molecule has 1 heterocycles. The Bertz CT molecular complexity index is 1030. The van der Waals surface area contributed by atoms with Gasteiger partial charge in [0.25, 0.3) is 0 Å². The van der Waals surface area contributed by atoms with Gasteiger partial charge in [-0.05, 0) is 47.1 Å². The monoisotopic (exact) mass is 498 g/mol. The van der Waals surface area contributed by atoms with Gasteiger partial charge in [-0.1, -0.05) is 48.5 Å². The van der Waals surface area contributed by atoms with E-state index in [-0.39, 0.29) is 25.0 Å². The van der Waals surface area contributed by atoms with E-state index >= 15 is 0 Å². The number of fused-ring (bicyclic) bond motifs is 3. The van der Waals surface area contributed by atoms with Crippen LogP contribution in [-0.4, -0.2) is 67.0 Å².